The Kier molecular flexibility index (Phi) is 3.60. The molecule has 5 rings (SSSR count). The monoisotopic (exact) mass is 374 g/mol. The van der Waals surface area contributed by atoms with E-state index in [2.05, 4.69) is 67.2 Å². The molecule has 144 valence electrons. The Morgan fingerprint density at radius 3 is 2.89 bits per heavy atom. The fourth-order valence-corrected chi connectivity index (χ4v) is 4.59. The van der Waals surface area contributed by atoms with E-state index in [0.717, 1.165) is 41.8 Å². The van der Waals surface area contributed by atoms with Crippen LogP contribution in [0.3, 0.4) is 0 Å². The van der Waals surface area contributed by atoms with Gasteiger partial charge in [0.25, 0.3) is 5.56 Å². The molecule has 3 heterocycles. The van der Waals surface area contributed by atoms with Crippen molar-refractivity contribution in [1.82, 2.24) is 9.97 Å². The van der Waals surface area contributed by atoms with Crippen LogP contribution in [0.1, 0.15) is 56.9 Å². The van der Waals surface area contributed by atoms with Crippen molar-refractivity contribution in [3.8, 4) is 0 Å². The van der Waals surface area contributed by atoms with Gasteiger partial charge in [0.1, 0.15) is 5.69 Å². The summed E-state index contributed by atoms with van der Waals surface area (Å²) in [6.07, 6.45) is 1.94. The smallest absolute Gasteiger partial charge is 0.270 e. The van der Waals surface area contributed by atoms with E-state index < -0.39 is 0 Å². The average molecular weight is 374 g/mol. The molecule has 1 aromatic heterocycles. The number of para-hydroxylation sites is 1. The first-order chi connectivity index (χ1) is 13.4. The van der Waals surface area contributed by atoms with E-state index in [1.165, 1.54) is 16.8 Å². The minimum absolute atomic E-state index is 0.0820. The second-order valence-electron chi connectivity index (χ2n) is 8.61. The maximum absolute atomic E-state index is 12.6. The third-order valence-corrected chi connectivity index (χ3v) is 6.32. The second kappa shape index (κ2) is 5.84. The Balaban J connectivity index is 1.78. The number of H-pyrrole nitrogens is 1. The van der Waals surface area contributed by atoms with Gasteiger partial charge in [0.05, 0.1) is 33.6 Å². The fraction of sp³-hybridized carbons (Fsp3) is 0.391. The van der Waals surface area contributed by atoms with Crippen LogP contribution in [0.2, 0.25) is 0 Å². The summed E-state index contributed by atoms with van der Waals surface area (Å²) in [5.41, 5.74) is 8.17. The molecule has 0 amide bonds. The summed E-state index contributed by atoms with van der Waals surface area (Å²) in [5, 5.41) is 3.72. The van der Waals surface area contributed by atoms with Crippen LogP contribution in [0.4, 0.5) is 17.1 Å². The molecule has 0 radical (unpaired) electrons. The third-order valence-electron chi connectivity index (χ3n) is 6.32. The Bertz CT molecular complexity index is 1160. The predicted molar refractivity (Wildman–Crippen MR) is 115 cm³/mol. The molecule has 0 bridgehead atoms. The summed E-state index contributed by atoms with van der Waals surface area (Å²) < 4.78 is 0. The number of aromatic amines is 1. The molecule has 0 saturated heterocycles. The van der Waals surface area contributed by atoms with Gasteiger partial charge < -0.3 is 15.2 Å². The molecule has 2 aliphatic rings. The fourth-order valence-electron chi connectivity index (χ4n) is 4.59. The molecule has 28 heavy (non-hydrogen) atoms. The van der Waals surface area contributed by atoms with Crippen LogP contribution in [0, 0.1) is 0 Å². The SMILES string of the molecule is CCC(C)c1nc2cc3c(cc2[nH]c1=O)NC(C)(C)c1cccc2c1N3CC2. The molecule has 3 aromatic rings. The molecule has 2 N–H and O–H groups in total. The maximum Gasteiger partial charge on any atom is 0.270 e. The molecule has 1 atom stereocenters. The zero-order chi connectivity index (χ0) is 19.6. The number of rotatable bonds is 2. The van der Waals surface area contributed by atoms with Gasteiger partial charge in [-0.25, -0.2) is 4.98 Å². The van der Waals surface area contributed by atoms with Crippen LogP contribution < -0.4 is 15.8 Å². The number of benzene rings is 2. The normalized spacial score (nSPS) is 17.6. The maximum atomic E-state index is 12.6. The highest BCUT2D eigenvalue weighted by Crippen LogP contribution is 2.48. The second-order valence-corrected chi connectivity index (χ2v) is 8.61. The van der Waals surface area contributed by atoms with Crippen molar-refractivity contribution in [3.05, 3.63) is 57.5 Å². The number of hydrogen-bond donors (Lipinski definition) is 2. The van der Waals surface area contributed by atoms with Gasteiger partial charge in [-0.1, -0.05) is 32.0 Å². The molecule has 1 unspecified atom stereocenters. The highest BCUT2D eigenvalue weighted by Gasteiger charge is 2.35. The molecule has 0 fully saturated rings. The lowest BCUT2D eigenvalue weighted by Crippen LogP contribution is -2.27. The zero-order valence-corrected chi connectivity index (χ0v) is 16.9. The summed E-state index contributed by atoms with van der Waals surface area (Å²) in [6, 6.07) is 10.8. The van der Waals surface area contributed by atoms with E-state index in [1.807, 2.05) is 6.07 Å². The number of hydrogen-bond acceptors (Lipinski definition) is 4. The van der Waals surface area contributed by atoms with E-state index in [1.54, 1.807) is 0 Å². The zero-order valence-electron chi connectivity index (χ0n) is 16.9. The van der Waals surface area contributed by atoms with E-state index >= 15 is 0 Å². The minimum atomic E-state index is -0.211. The van der Waals surface area contributed by atoms with Gasteiger partial charge in [-0.3, -0.25) is 4.79 Å². The molecule has 2 aliphatic heterocycles. The summed E-state index contributed by atoms with van der Waals surface area (Å²) >= 11 is 0. The Morgan fingerprint density at radius 1 is 1.29 bits per heavy atom. The van der Waals surface area contributed by atoms with Gasteiger partial charge >= 0.3 is 0 Å². The molecule has 5 nitrogen and oxygen atoms in total. The molecular formula is C23H26N4O. The lowest BCUT2D eigenvalue weighted by molar-refractivity contribution is 0.614. The molecule has 2 aromatic carbocycles. The lowest BCUT2D eigenvalue weighted by atomic mass is 9.91. The first kappa shape index (κ1) is 17.3. The molecule has 0 spiro atoms. The highest BCUT2D eigenvalue weighted by molar-refractivity contribution is 5.93. The van der Waals surface area contributed by atoms with Crippen molar-refractivity contribution in [2.24, 2.45) is 0 Å². The number of nitrogens with zero attached hydrogens (tertiary/aromatic N) is 2. The van der Waals surface area contributed by atoms with E-state index in [0.29, 0.717) is 5.69 Å². The summed E-state index contributed by atoms with van der Waals surface area (Å²) in [7, 11) is 0. The van der Waals surface area contributed by atoms with Gasteiger partial charge in [-0.15, -0.1) is 0 Å². The first-order valence-electron chi connectivity index (χ1n) is 10.1. The quantitative estimate of drug-likeness (QED) is 0.677. The van der Waals surface area contributed by atoms with Crippen molar-refractivity contribution in [3.63, 3.8) is 0 Å². The van der Waals surface area contributed by atoms with Crippen LogP contribution in [-0.4, -0.2) is 16.5 Å². The van der Waals surface area contributed by atoms with Crippen LogP contribution >= 0.6 is 0 Å². The minimum Gasteiger partial charge on any atom is -0.374 e. The summed E-state index contributed by atoms with van der Waals surface area (Å²) in [4.78, 5) is 22.8. The summed E-state index contributed by atoms with van der Waals surface area (Å²) in [6.45, 7) is 9.53. The van der Waals surface area contributed by atoms with Gasteiger partial charge in [-0.2, -0.15) is 0 Å². The lowest BCUT2D eigenvalue weighted by Gasteiger charge is -2.28. The van der Waals surface area contributed by atoms with Crippen LogP contribution in [0.25, 0.3) is 11.0 Å². The van der Waals surface area contributed by atoms with Crippen molar-refractivity contribution in [2.75, 3.05) is 16.8 Å². The van der Waals surface area contributed by atoms with E-state index in [4.69, 9.17) is 4.98 Å². The molecular weight excluding hydrogens is 348 g/mol. The molecule has 5 heteroatoms. The topological polar surface area (TPSA) is 61.0 Å². The van der Waals surface area contributed by atoms with Gasteiger partial charge in [0.2, 0.25) is 0 Å². The molecule has 0 aliphatic carbocycles. The highest BCUT2D eigenvalue weighted by atomic mass is 16.1. The third kappa shape index (κ3) is 2.38. The standard InChI is InChI=1S/C23H26N4O/c1-5-13(2)20-22(28)25-16-11-18-19(12-17(16)24-20)27-10-9-14-7-6-8-15(21(14)27)23(3,4)26-18/h6-8,11-13,26H,5,9-10H2,1-4H3,(H,25,28). The number of fused-ring (bicyclic) bond motifs is 3. The van der Waals surface area contributed by atoms with Gasteiger partial charge in [0, 0.05) is 18.0 Å². The van der Waals surface area contributed by atoms with Crippen LogP contribution in [0.5, 0.6) is 0 Å². The molecule has 0 saturated carbocycles. The predicted octanol–water partition coefficient (Wildman–Crippen LogP) is 4.79. The van der Waals surface area contributed by atoms with Crippen molar-refractivity contribution >= 4 is 28.1 Å². The number of nitrogens with one attached hydrogen (secondary N) is 2. The Labute approximate surface area is 164 Å². The van der Waals surface area contributed by atoms with E-state index in [-0.39, 0.29) is 17.0 Å². The number of anilines is 3. The average Bonchev–Trinajstić information content (AvgIpc) is 3.06. The first-order valence-corrected chi connectivity index (χ1v) is 10.1. The van der Waals surface area contributed by atoms with Crippen molar-refractivity contribution in [1.29, 1.82) is 0 Å². The van der Waals surface area contributed by atoms with E-state index in [9.17, 15) is 4.79 Å². The Morgan fingerprint density at radius 2 is 2.11 bits per heavy atom. The number of aromatic nitrogens is 2. The van der Waals surface area contributed by atoms with Crippen LogP contribution in [0.15, 0.2) is 35.1 Å². The summed E-state index contributed by atoms with van der Waals surface area (Å²) in [5.74, 6) is 0.142. The van der Waals surface area contributed by atoms with Gasteiger partial charge in [0.15, 0.2) is 0 Å². The van der Waals surface area contributed by atoms with Gasteiger partial charge in [-0.05, 0) is 44.4 Å². The Hall–Kier alpha value is -2.82. The van der Waals surface area contributed by atoms with Crippen LogP contribution in [-0.2, 0) is 12.0 Å². The van der Waals surface area contributed by atoms with Crippen molar-refractivity contribution < 1.29 is 0 Å². The largest absolute Gasteiger partial charge is 0.374 e. The van der Waals surface area contributed by atoms with Crippen molar-refractivity contribution in [2.45, 2.75) is 52.0 Å².